The Hall–Kier alpha value is -1.87. The topological polar surface area (TPSA) is 232 Å². The summed E-state index contributed by atoms with van der Waals surface area (Å²) in [5, 5.41) is 94.0. The molecule has 0 aromatic rings. The molecule has 1 rings (SSSR count). The van der Waals surface area contributed by atoms with E-state index < -0.39 is 54.9 Å². The zero-order valence-electron chi connectivity index (χ0n) is 30.6. The summed E-state index contributed by atoms with van der Waals surface area (Å²) in [7, 11) is 0. The first-order valence-corrected chi connectivity index (χ1v) is 18.9. The molecule has 292 valence electrons. The van der Waals surface area contributed by atoms with Crippen LogP contribution in [0.3, 0.4) is 0 Å². The van der Waals surface area contributed by atoms with Gasteiger partial charge in [-0.2, -0.15) is 0 Å². The Balaban J connectivity index is 2.18. The molecule has 0 bridgehead atoms. The number of aliphatic hydroxyl groups is 9. The molecule has 12 N–H and O–H groups in total. The van der Waals surface area contributed by atoms with Crippen molar-refractivity contribution in [1.29, 1.82) is 0 Å². The van der Waals surface area contributed by atoms with Gasteiger partial charge in [0, 0.05) is 32.4 Å². The lowest BCUT2D eigenvalue weighted by Gasteiger charge is -2.28. The average molecular weight is 714 g/mol. The van der Waals surface area contributed by atoms with Crippen molar-refractivity contribution in [2.24, 2.45) is 22.6 Å². The van der Waals surface area contributed by atoms with E-state index >= 15 is 0 Å². The highest BCUT2D eigenvalue weighted by molar-refractivity contribution is 5.77. The average Bonchev–Trinajstić information content (AvgIpc) is 3.03. The van der Waals surface area contributed by atoms with Gasteiger partial charge in [0.25, 0.3) is 0 Å². The highest BCUT2D eigenvalue weighted by Crippen LogP contribution is 2.31. The number of nitrogens with one attached hydrogen (secondary N) is 1. The van der Waals surface area contributed by atoms with Crippen LogP contribution < -0.4 is 11.1 Å². The van der Waals surface area contributed by atoms with Gasteiger partial charge in [-0.25, -0.2) is 0 Å². The molecule has 12 nitrogen and oxygen atoms in total. The normalized spacial score (nSPS) is 23.1. The summed E-state index contributed by atoms with van der Waals surface area (Å²) in [6.07, 6.45) is 11.1. The number of guanidine groups is 1. The van der Waals surface area contributed by atoms with Gasteiger partial charge >= 0.3 is 0 Å². The van der Waals surface area contributed by atoms with Gasteiger partial charge in [-0.1, -0.05) is 76.0 Å². The van der Waals surface area contributed by atoms with E-state index in [1.807, 2.05) is 6.92 Å². The smallest absolute Gasteiger partial charge is 0.188 e. The van der Waals surface area contributed by atoms with Crippen LogP contribution >= 0.6 is 0 Å². The lowest BCUT2D eigenvalue weighted by molar-refractivity contribution is 0.0523. The predicted octanol–water partition coefficient (Wildman–Crippen LogP) is 2.33. The molecule has 12 heteroatoms. The van der Waals surface area contributed by atoms with Crippen molar-refractivity contribution in [2.75, 3.05) is 13.1 Å². The number of rotatable bonds is 27. The Morgan fingerprint density at radius 2 is 1.16 bits per heavy atom. The van der Waals surface area contributed by atoms with Gasteiger partial charge in [0.15, 0.2) is 5.96 Å². The fraction of sp³-hybridized carbons (Fsp3) is 0.816. The SMILES string of the molecule is CCC(O)CC(O)C=CCC(O)CC(O)CC(O)C=CCC(O)CC(O)C=CCC(O)CC(O)CCCN=C(N)NCCC1CCCCC1C. The highest BCUT2D eigenvalue weighted by Gasteiger charge is 2.21. The lowest BCUT2D eigenvalue weighted by atomic mass is 9.79. The molecule has 0 amide bonds. The minimum atomic E-state index is -0.980. The van der Waals surface area contributed by atoms with Crippen LogP contribution in [0.25, 0.3) is 0 Å². The number of hydrogen-bond donors (Lipinski definition) is 11. The first-order valence-electron chi connectivity index (χ1n) is 18.9. The van der Waals surface area contributed by atoms with Crippen LogP contribution in [-0.4, -0.2) is 120 Å². The second-order valence-corrected chi connectivity index (χ2v) is 14.3. The predicted molar refractivity (Wildman–Crippen MR) is 198 cm³/mol. The van der Waals surface area contributed by atoms with E-state index in [1.54, 1.807) is 18.2 Å². The molecule has 0 aliphatic heterocycles. The quantitative estimate of drug-likeness (QED) is 0.0256. The molecule has 1 fully saturated rings. The van der Waals surface area contributed by atoms with Gasteiger partial charge in [-0.05, 0) is 69.6 Å². The van der Waals surface area contributed by atoms with E-state index in [2.05, 4.69) is 17.2 Å². The standard InChI is InChI=1S/C38H71N3O9/c1-3-29(42)22-30(43)12-6-16-34(47)25-37(50)26-35(48)17-8-15-32(45)23-31(44)13-7-14-33(46)24-36(49)18-9-20-40-38(39)41-21-19-28-11-5-4-10-27(28)2/h6-8,12-13,17,27-37,42-50H,3-5,9-11,14-16,18-26H2,1-2H3,(H3,39,40,41). The second kappa shape index (κ2) is 27.7. The molecule has 0 heterocycles. The summed E-state index contributed by atoms with van der Waals surface area (Å²) in [6.45, 7) is 5.47. The van der Waals surface area contributed by atoms with Crippen LogP contribution in [0.1, 0.15) is 117 Å². The molecule has 0 aromatic carbocycles. The Kier molecular flexibility index (Phi) is 25.6. The molecule has 1 saturated carbocycles. The van der Waals surface area contributed by atoms with E-state index in [9.17, 15) is 46.0 Å². The molecule has 0 radical (unpaired) electrons. The van der Waals surface area contributed by atoms with Crippen molar-refractivity contribution in [1.82, 2.24) is 5.32 Å². The van der Waals surface area contributed by atoms with E-state index in [-0.39, 0.29) is 51.4 Å². The van der Waals surface area contributed by atoms with Crippen LogP contribution in [0.2, 0.25) is 0 Å². The van der Waals surface area contributed by atoms with Crippen molar-refractivity contribution in [3.8, 4) is 0 Å². The molecule has 50 heavy (non-hydrogen) atoms. The first kappa shape index (κ1) is 46.2. The Bertz CT molecular complexity index is 966. The molecular formula is C38H71N3O9. The van der Waals surface area contributed by atoms with Crippen molar-refractivity contribution in [3.63, 3.8) is 0 Å². The third-order valence-electron chi connectivity index (χ3n) is 9.49. The van der Waals surface area contributed by atoms with Gasteiger partial charge in [-0.3, -0.25) is 4.99 Å². The summed E-state index contributed by atoms with van der Waals surface area (Å²) in [6, 6.07) is 0. The van der Waals surface area contributed by atoms with Crippen LogP contribution in [0.4, 0.5) is 0 Å². The Labute approximate surface area is 300 Å². The molecule has 0 aromatic heterocycles. The van der Waals surface area contributed by atoms with Gasteiger partial charge in [0.1, 0.15) is 0 Å². The van der Waals surface area contributed by atoms with Crippen LogP contribution in [0, 0.1) is 11.8 Å². The maximum Gasteiger partial charge on any atom is 0.188 e. The molecule has 1 aliphatic carbocycles. The molecular weight excluding hydrogens is 642 g/mol. The molecule has 1 aliphatic rings. The summed E-state index contributed by atoms with van der Waals surface area (Å²) in [5.41, 5.74) is 5.98. The van der Waals surface area contributed by atoms with Crippen LogP contribution in [0.15, 0.2) is 41.4 Å². The summed E-state index contributed by atoms with van der Waals surface area (Å²) in [5.74, 6) is 1.95. The third-order valence-corrected chi connectivity index (χ3v) is 9.49. The summed E-state index contributed by atoms with van der Waals surface area (Å²) >= 11 is 0. The van der Waals surface area contributed by atoms with Crippen molar-refractivity contribution in [3.05, 3.63) is 36.5 Å². The van der Waals surface area contributed by atoms with Gasteiger partial charge < -0.3 is 57.0 Å². The van der Waals surface area contributed by atoms with Crippen LogP contribution in [0.5, 0.6) is 0 Å². The number of hydrogen-bond acceptors (Lipinski definition) is 10. The van der Waals surface area contributed by atoms with Gasteiger partial charge in [0.2, 0.25) is 0 Å². The molecule has 11 unspecified atom stereocenters. The summed E-state index contributed by atoms with van der Waals surface area (Å²) in [4.78, 5) is 4.34. The number of nitrogens with zero attached hydrogens (tertiary/aromatic N) is 1. The monoisotopic (exact) mass is 714 g/mol. The molecule has 11 atom stereocenters. The third kappa shape index (κ3) is 24.3. The fourth-order valence-corrected chi connectivity index (χ4v) is 6.34. The van der Waals surface area contributed by atoms with E-state index in [4.69, 9.17) is 5.73 Å². The zero-order chi connectivity index (χ0) is 37.3. The number of nitrogens with two attached hydrogens (primary N) is 1. The number of aliphatic hydroxyl groups excluding tert-OH is 9. The Morgan fingerprint density at radius 3 is 1.70 bits per heavy atom. The molecule has 0 saturated heterocycles. The first-order chi connectivity index (χ1) is 23.8. The van der Waals surface area contributed by atoms with E-state index in [1.165, 1.54) is 43.9 Å². The second-order valence-electron chi connectivity index (χ2n) is 14.3. The Morgan fingerprint density at radius 1 is 0.680 bits per heavy atom. The fourth-order valence-electron chi connectivity index (χ4n) is 6.34. The van der Waals surface area contributed by atoms with Crippen molar-refractivity contribution in [2.45, 2.75) is 172 Å². The maximum absolute atomic E-state index is 10.3. The van der Waals surface area contributed by atoms with E-state index in [0.717, 1.165) is 24.8 Å². The lowest BCUT2D eigenvalue weighted by Crippen LogP contribution is -2.34. The maximum atomic E-state index is 10.3. The number of aliphatic imine (C=N–C) groups is 1. The highest BCUT2D eigenvalue weighted by atomic mass is 16.3. The minimum Gasteiger partial charge on any atom is -0.393 e. The zero-order valence-corrected chi connectivity index (χ0v) is 30.6. The largest absolute Gasteiger partial charge is 0.393 e. The van der Waals surface area contributed by atoms with Crippen molar-refractivity contribution < 1.29 is 46.0 Å². The van der Waals surface area contributed by atoms with E-state index in [0.29, 0.717) is 31.8 Å². The van der Waals surface area contributed by atoms with Crippen molar-refractivity contribution >= 4 is 5.96 Å². The summed E-state index contributed by atoms with van der Waals surface area (Å²) < 4.78 is 0. The van der Waals surface area contributed by atoms with Crippen LogP contribution in [-0.2, 0) is 0 Å². The van der Waals surface area contributed by atoms with Gasteiger partial charge in [-0.15, -0.1) is 0 Å². The molecule has 0 spiro atoms. The minimum absolute atomic E-state index is 0.000917. The van der Waals surface area contributed by atoms with Gasteiger partial charge in [0.05, 0.1) is 54.9 Å².